The van der Waals surface area contributed by atoms with E-state index < -0.39 is 44.4 Å². The molecule has 0 aliphatic rings. The average molecular weight is 656 g/mol. The van der Waals surface area contributed by atoms with Gasteiger partial charge in [-0.05, 0) is 31.9 Å². The van der Waals surface area contributed by atoms with Gasteiger partial charge in [-0.3, -0.25) is 4.18 Å². The number of hydrogen-bond acceptors (Lipinski definition) is 3. The van der Waals surface area contributed by atoms with Gasteiger partial charge in [0.25, 0.3) is 10.1 Å². The fraction of sp³-hybridized carbons (Fsp3) is 0.714. The predicted molar refractivity (Wildman–Crippen MR) is 120 cm³/mol. The van der Waals surface area contributed by atoms with Crippen molar-refractivity contribution < 1.29 is 52.1 Å². The van der Waals surface area contributed by atoms with Gasteiger partial charge in [0.1, 0.15) is 0 Å². The zero-order valence-corrected chi connectivity index (χ0v) is 21.6. The third-order valence-electron chi connectivity index (χ3n) is 5.15. The highest BCUT2D eigenvalue weighted by Crippen LogP contribution is 2.54. The first kappa shape index (κ1) is 32.3. The Morgan fingerprint density at radius 3 is 1.80 bits per heavy atom. The molecule has 3 nitrogen and oxygen atoms in total. The maximum Gasteiger partial charge on any atom is 0.460 e. The molecule has 0 saturated heterocycles. The minimum absolute atomic E-state index is 0.0299. The molecule has 0 heterocycles. The van der Waals surface area contributed by atoms with Crippen LogP contribution in [0, 0.1) is 6.92 Å². The van der Waals surface area contributed by atoms with Gasteiger partial charge in [-0.25, -0.2) is 0 Å². The van der Waals surface area contributed by atoms with Crippen LogP contribution in [0.5, 0.6) is 0 Å². The van der Waals surface area contributed by atoms with E-state index in [0.717, 1.165) is 5.56 Å². The van der Waals surface area contributed by atoms with Gasteiger partial charge in [0.2, 0.25) is 0 Å². The fourth-order valence-electron chi connectivity index (χ4n) is 3.03. The molecular formula is C21H26F9IO3S. The second-order valence-corrected chi connectivity index (χ2v) is 11.5. The van der Waals surface area contributed by atoms with E-state index in [2.05, 4.69) is 0 Å². The van der Waals surface area contributed by atoms with Crippen molar-refractivity contribution in [3.63, 3.8) is 0 Å². The van der Waals surface area contributed by atoms with E-state index in [0.29, 0.717) is 32.1 Å². The third-order valence-corrected chi connectivity index (χ3v) is 7.54. The molecule has 0 fully saturated rings. The van der Waals surface area contributed by atoms with Crippen LogP contribution in [-0.4, -0.2) is 42.9 Å². The largest absolute Gasteiger partial charge is 0.460 e. The first-order valence-electron chi connectivity index (χ1n) is 10.7. The minimum atomic E-state index is -6.86. The van der Waals surface area contributed by atoms with Crippen LogP contribution in [0.15, 0.2) is 29.2 Å². The van der Waals surface area contributed by atoms with Crippen molar-refractivity contribution in [2.75, 3.05) is 6.61 Å². The highest BCUT2D eigenvalue weighted by molar-refractivity contribution is 14.1. The summed E-state index contributed by atoms with van der Waals surface area (Å²) in [5, 5.41) is 0. The maximum atomic E-state index is 13.6. The molecule has 0 aliphatic carbocycles. The van der Waals surface area contributed by atoms with Gasteiger partial charge in [0.15, 0.2) is 0 Å². The normalized spacial score (nSPS) is 14.8. The molecule has 1 unspecified atom stereocenters. The predicted octanol–water partition coefficient (Wildman–Crippen LogP) is 8.09. The quantitative estimate of drug-likeness (QED) is 0.0631. The van der Waals surface area contributed by atoms with Crippen molar-refractivity contribution in [1.82, 2.24) is 0 Å². The SMILES string of the molecule is Cc1ccc(S(=O)(=O)OCCCCCCCCC(I)CC(F)(F)C(F)(F)C(F)(F)C(F)(F)F)cc1. The second kappa shape index (κ2) is 12.7. The Kier molecular flexibility index (Phi) is 11.7. The van der Waals surface area contributed by atoms with Gasteiger partial charge in [-0.2, -0.15) is 47.9 Å². The lowest BCUT2D eigenvalue weighted by atomic mass is 9.97. The molecule has 1 rings (SSSR count). The van der Waals surface area contributed by atoms with Crippen LogP contribution in [0.4, 0.5) is 39.5 Å². The molecule has 1 aromatic rings. The van der Waals surface area contributed by atoms with Gasteiger partial charge in [-0.1, -0.05) is 72.4 Å². The van der Waals surface area contributed by atoms with Crippen LogP contribution in [-0.2, 0) is 14.3 Å². The van der Waals surface area contributed by atoms with Crippen molar-refractivity contribution in [3.8, 4) is 0 Å². The summed E-state index contributed by atoms with van der Waals surface area (Å²) in [6, 6.07) is 6.15. The number of hydrogen-bond donors (Lipinski definition) is 0. The van der Waals surface area contributed by atoms with Gasteiger partial charge >= 0.3 is 23.9 Å². The average Bonchev–Trinajstić information content (AvgIpc) is 2.71. The molecular weight excluding hydrogens is 630 g/mol. The van der Waals surface area contributed by atoms with Crippen molar-refractivity contribution in [1.29, 1.82) is 0 Å². The maximum absolute atomic E-state index is 13.6. The van der Waals surface area contributed by atoms with Crippen molar-refractivity contribution >= 4 is 32.7 Å². The molecule has 0 amide bonds. The van der Waals surface area contributed by atoms with Gasteiger partial charge in [-0.15, -0.1) is 0 Å². The van der Waals surface area contributed by atoms with Crippen LogP contribution in [0.2, 0.25) is 0 Å². The lowest BCUT2D eigenvalue weighted by Gasteiger charge is -2.34. The van der Waals surface area contributed by atoms with Crippen LogP contribution >= 0.6 is 22.6 Å². The molecule has 14 heteroatoms. The topological polar surface area (TPSA) is 43.4 Å². The molecule has 0 saturated carbocycles. The lowest BCUT2D eigenvalue weighted by Crippen LogP contribution is -2.61. The Bertz CT molecular complexity index is 888. The van der Waals surface area contributed by atoms with Gasteiger partial charge in [0.05, 0.1) is 11.5 Å². The molecule has 35 heavy (non-hydrogen) atoms. The fourth-order valence-corrected chi connectivity index (χ4v) is 4.97. The van der Waals surface area contributed by atoms with E-state index in [1.165, 1.54) is 34.7 Å². The van der Waals surface area contributed by atoms with Crippen LogP contribution in [0.1, 0.15) is 56.9 Å². The summed E-state index contributed by atoms with van der Waals surface area (Å²) in [5.41, 5.74) is 0.896. The standard InChI is InChI=1S/C21H26F9IO3S/c1-15-9-11-17(12-10-15)35(32,33)34-13-7-5-3-2-4-6-8-16(31)14-18(22,23)19(24,25)20(26,27)21(28,29)30/h9-12,16H,2-8,13-14H2,1H3. The second-order valence-electron chi connectivity index (χ2n) is 8.15. The van der Waals surface area contributed by atoms with Crippen molar-refractivity contribution in [2.45, 2.75) is 91.1 Å². The summed E-state index contributed by atoms with van der Waals surface area (Å²) >= 11 is 1.34. The molecule has 204 valence electrons. The van der Waals surface area contributed by atoms with E-state index in [-0.39, 0.29) is 24.3 Å². The molecule has 0 N–H and O–H groups in total. The van der Waals surface area contributed by atoms with E-state index in [9.17, 15) is 47.9 Å². The Morgan fingerprint density at radius 2 is 1.29 bits per heavy atom. The summed E-state index contributed by atoms with van der Waals surface area (Å²) in [7, 11) is -3.86. The number of aryl methyl sites for hydroxylation is 1. The monoisotopic (exact) mass is 656 g/mol. The molecule has 1 atom stereocenters. The van der Waals surface area contributed by atoms with Crippen LogP contribution in [0.25, 0.3) is 0 Å². The highest BCUT2D eigenvalue weighted by atomic mass is 127. The zero-order valence-electron chi connectivity index (χ0n) is 18.7. The third kappa shape index (κ3) is 8.93. The molecule has 1 aromatic carbocycles. The van der Waals surface area contributed by atoms with E-state index in [1.807, 2.05) is 6.92 Å². The van der Waals surface area contributed by atoms with E-state index in [4.69, 9.17) is 4.18 Å². The number of halogens is 10. The molecule has 0 aliphatic heterocycles. The van der Waals surface area contributed by atoms with E-state index >= 15 is 0 Å². The minimum Gasteiger partial charge on any atom is -0.266 e. The van der Waals surface area contributed by atoms with Crippen LogP contribution in [0.3, 0.4) is 0 Å². The van der Waals surface area contributed by atoms with Crippen molar-refractivity contribution in [3.05, 3.63) is 29.8 Å². The van der Waals surface area contributed by atoms with E-state index in [1.54, 1.807) is 12.1 Å². The molecule has 0 radical (unpaired) electrons. The number of unbranched alkanes of at least 4 members (excludes halogenated alkanes) is 5. The smallest absolute Gasteiger partial charge is 0.266 e. The number of rotatable bonds is 15. The lowest BCUT2D eigenvalue weighted by molar-refractivity contribution is -0.396. The Balaban J connectivity index is 2.29. The summed E-state index contributed by atoms with van der Waals surface area (Å²) in [5.74, 6) is -19.0. The Hall–Kier alpha value is -0.770. The summed E-state index contributed by atoms with van der Waals surface area (Å²) < 4.78 is 144. The van der Waals surface area contributed by atoms with Gasteiger partial charge in [0, 0.05) is 10.3 Å². The van der Waals surface area contributed by atoms with Crippen molar-refractivity contribution in [2.24, 2.45) is 0 Å². The Morgan fingerprint density at radius 1 is 0.800 bits per heavy atom. The summed E-state index contributed by atoms with van der Waals surface area (Å²) in [4.78, 5) is 0.0434. The summed E-state index contributed by atoms with van der Waals surface area (Å²) in [6.45, 7) is 1.78. The number of benzene rings is 1. The molecule has 0 spiro atoms. The molecule has 0 bridgehead atoms. The number of alkyl halides is 10. The van der Waals surface area contributed by atoms with Crippen LogP contribution < -0.4 is 0 Å². The zero-order chi connectivity index (χ0) is 27.1. The highest BCUT2D eigenvalue weighted by Gasteiger charge is 2.81. The Labute approximate surface area is 212 Å². The summed E-state index contributed by atoms with van der Waals surface area (Å²) in [6.07, 6.45) is -5.63. The molecule has 0 aromatic heterocycles. The first-order valence-corrected chi connectivity index (χ1v) is 13.3. The van der Waals surface area contributed by atoms with Gasteiger partial charge < -0.3 is 0 Å². The first-order chi connectivity index (χ1) is 15.8.